The summed E-state index contributed by atoms with van der Waals surface area (Å²) in [4.78, 5) is 11.4. The molecule has 4 rings (SSSR count). The summed E-state index contributed by atoms with van der Waals surface area (Å²) in [5, 5.41) is 0. The molecule has 0 spiro atoms. The Kier molecular flexibility index (Phi) is 7.98. The molecule has 2 heterocycles. The molecule has 2 aromatic carbocycles. The first-order chi connectivity index (χ1) is 17.6. The average Bonchev–Trinajstić information content (AvgIpc) is 3.13. The Morgan fingerprint density at radius 2 is 1.89 bits per heavy atom. The number of hydrogen-bond acceptors (Lipinski definition) is 8. The lowest BCUT2D eigenvalue weighted by Crippen LogP contribution is -2.28. The standard InChI is InChI=1S/C29H34O8/c1-19(30)33-18-35-27-22-9-10-28(2,3)37-26(22)15-25(34-17-32-12-11-31-6)23(27)13-20-7-8-21-16-36-29(4,5)24(21)14-20/h9-10,14-15H,11-13,16-18H2,1-6H3. The molecule has 0 fully saturated rings. The van der Waals surface area contributed by atoms with Crippen LogP contribution in [0.15, 0.2) is 18.2 Å². The molecule has 37 heavy (non-hydrogen) atoms. The monoisotopic (exact) mass is 510 g/mol. The van der Waals surface area contributed by atoms with Crippen LogP contribution in [0.1, 0.15) is 62.4 Å². The number of rotatable bonds is 11. The van der Waals surface area contributed by atoms with Gasteiger partial charge in [-0.05, 0) is 51.5 Å². The zero-order valence-corrected chi connectivity index (χ0v) is 22.3. The van der Waals surface area contributed by atoms with Gasteiger partial charge < -0.3 is 33.2 Å². The van der Waals surface area contributed by atoms with Gasteiger partial charge in [-0.3, -0.25) is 4.79 Å². The topological polar surface area (TPSA) is 81.7 Å². The van der Waals surface area contributed by atoms with E-state index in [2.05, 4.69) is 18.2 Å². The summed E-state index contributed by atoms with van der Waals surface area (Å²) in [6.45, 7) is 10.5. The Labute approximate surface area is 218 Å². The van der Waals surface area contributed by atoms with Gasteiger partial charge in [0.15, 0.2) is 6.79 Å². The molecule has 0 bridgehead atoms. The summed E-state index contributed by atoms with van der Waals surface area (Å²) in [6.07, 6.45) is 4.34. The molecule has 2 aliphatic rings. The fourth-order valence-electron chi connectivity index (χ4n) is 4.24. The smallest absolute Gasteiger partial charge is 0.305 e. The minimum Gasteiger partial charge on any atom is -0.483 e. The van der Waals surface area contributed by atoms with Crippen molar-refractivity contribution in [2.45, 2.75) is 58.8 Å². The van der Waals surface area contributed by atoms with E-state index in [-0.39, 0.29) is 13.6 Å². The maximum Gasteiger partial charge on any atom is 0.305 e. The molecule has 2 aliphatic heterocycles. The van der Waals surface area contributed by atoms with Gasteiger partial charge in [-0.2, -0.15) is 0 Å². The maximum atomic E-state index is 11.4. The van der Waals surface area contributed by atoms with Gasteiger partial charge in [0.05, 0.1) is 31.0 Å². The highest BCUT2D eigenvalue weighted by atomic mass is 16.7. The highest BCUT2D eigenvalue weighted by Gasteiger charge is 2.32. The molecule has 2 aromatic rings. The molecule has 0 aliphatic carbocycles. The van der Waals surface area contributed by atoms with E-state index < -0.39 is 17.2 Å². The third-order valence-corrected chi connectivity index (χ3v) is 6.17. The number of carbonyl (C=O) groups is 1. The molecule has 0 radical (unpaired) electrons. The zero-order valence-electron chi connectivity index (χ0n) is 22.3. The van der Waals surface area contributed by atoms with Crippen LogP contribution in [0, 0.1) is 12.1 Å². The second-order valence-electron chi connectivity index (χ2n) is 9.98. The number of esters is 1. The third-order valence-electron chi connectivity index (χ3n) is 6.17. The van der Waals surface area contributed by atoms with E-state index in [1.54, 1.807) is 7.11 Å². The minimum atomic E-state index is -0.512. The van der Waals surface area contributed by atoms with Gasteiger partial charge in [0.25, 0.3) is 0 Å². The predicted molar refractivity (Wildman–Crippen MR) is 136 cm³/mol. The summed E-state index contributed by atoms with van der Waals surface area (Å²) in [7, 11) is 1.61. The molecule has 0 saturated carbocycles. The first-order valence-corrected chi connectivity index (χ1v) is 12.2. The Balaban J connectivity index is 1.74. The van der Waals surface area contributed by atoms with Crippen molar-refractivity contribution < 1.29 is 38.0 Å². The van der Waals surface area contributed by atoms with Crippen LogP contribution in [0.3, 0.4) is 0 Å². The van der Waals surface area contributed by atoms with Crippen LogP contribution in [0.25, 0.3) is 6.08 Å². The maximum absolute atomic E-state index is 11.4. The van der Waals surface area contributed by atoms with E-state index >= 15 is 0 Å². The van der Waals surface area contributed by atoms with E-state index in [1.165, 1.54) is 6.92 Å². The lowest BCUT2D eigenvalue weighted by atomic mass is 9.92. The Morgan fingerprint density at radius 1 is 1.08 bits per heavy atom. The second-order valence-corrected chi connectivity index (χ2v) is 9.98. The normalized spacial score (nSPS) is 16.3. The number of carbonyl (C=O) groups excluding carboxylic acids is 1. The molecule has 0 amide bonds. The summed E-state index contributed by atoms with van der Waals surface area (Å²) in [6, 6.07) is 10.4. The number of fused-ring (bicyclic) bond motifs is 2. The van der Waals surface area contributed by atoms with Crippen LogP contribution in [0.4, 0.5) is 0 Å². The zero-order chi connectivity index (χ0) is 26.6. The van der Waals surface area contributed by atoms with Crippen LogP contribution in [0.2, 0.25) is 0 Å². The molecule has 0 aromatic heterocycles. The lowest BCUT2D eigenvalue weighted by molar-refractivity contribution is -0.147. The van der Waals surface area contributed by atoms with E-state index in [0.717, 1.165) is 27.8 Å². The first kappa shape index (κ1) is 26.8. The van der Waals surface area contributed by atoms with E-state index in [1.807, 2.05) is 45.9 Å². The summed E-state index contributed by atoms with van der Waals surface area (Å²) >= 11 is 0. The number of methoxy groups -OCH3 is 1. The Morgan fingerprint density at radius 3 is 2.65 bits per heavy atom. The molecular formula is C29H34O8. The summed E-state index contributed by atoms with van der Waals surface area (Å²) in [5.41, 5.74) is 3.54. The minimum absolute atomic E-state index is 0.0126. The van der Waals surface area contributed by atoms with Crippen molar-refractivity contribution in [1.29, 1.82) is 0 Å². The molecule has 0 atom stereocenters. The van der Waals surface area contributed by atoms with Crippen molar-refractivity contribution in [3.8, 4) is 17.2 Å². The van der Waals surface area contributed by atoms with E-state index in [0.29, 0.717) is 43.5 Å². The van der Waals surface area contributed by atoms with Gasteiger partial charge in [-0.25, -0.2) is 0 Å². The molecule has 8 heteroatoms. The highest BCUT2D eigenvalue weighted by Crippen LogP contribution is 2.45. The van der Waals surface area contributed by atoms with E-state index in [9.17, 15) is 4.79 Å². The Hall–Kier alpha value is -3.25. The molecular weight excluding hydrogens is 476 g/mol. The van der Waals surface area contributed by atoms with Crippen molar-refractivity contribution in [3.63, 3.8) is 0 Å². The molecule has 0 saturated heterocycles. The first-order valence-electron chi connectivity index (χ1n) is 12.2. The number of hydrogen-bond donors (Lipinski definition) is 0. The molecule has 0 N–H and O–H groups in total. The van der Waals surface area contributed by atoms with Crippen LogP contribution in [-0.4, -0.2) is 45.5 Å². The van der Waals surface area contributed by atoms with Crippen molar-refractivity contribution in [1.82, 2.24) is 0 Å². The van der Waals surface area contributed by atoms with Gasteiger partial charge >= 0.3 is 5.97 Å². The van der Waals surface area contributed by atoms with Crippen LogP contribution in [0.5, 0.6) is 17.2 Å². The van der Waals surface area contributed by atoms with Crippen molar-refractivity contribution in [2.24, 2.45) is 0 Å². The van der Waals surface area contributed by atoms with Crippen LogP contribution >= 0.6 is 0 Å². The lowest BCUT2D eigenvalue weighted by Gasteiger charge is -2.30. The fraction of sp³-hybridized carbons (Fsp3) is 0.483. The second kappa shape index (κ2) is 11.0. The van der Waals surface area contributed by atoms with Crippen LogP contribution < -0.4 is 14.2 Å². The summed E-state index contributed by atoms with van der Waals surface area (Å²) < 4.78 is 40.0. The Bertz CT molecular complexity index is 1160. The fourth-order valence-corrected chi connectivity index (χ4v) is 4.24. The van der Waals surface area contributed by atoms with Gasteiger partial charge in [-0.15, -0.1) is 0 Å². The molecule has 198 valence electrons. The molecule has 8 nitrogen and oxygen atoms in total. The average molecular weight is 511 g/mol. The number of benzene rings is 1. The SMILES string of the molecule is COCCOCOc1cc2c(c(OCOC(C)=O)c1Cc1c#cc3c(c1)C(C)(C)OC3)C=CC(C)(C)O2. The quantitative estimate of drug-likeness (QED) is 0.244. The summed E-state index contributed by atoms with van der Waals surface area (Å²) in [5.74, 6) is 1.19. The van der Waals surface area contributed by atoms with Crippen molar-refractivity contribution >= 4 is 12.0 Å². The van der Waals surface area contributed by atoms with Crippen LogP contribution in [-0.2, 0) is 42.4 Å². The van der Waals surface area contributed by atoms with Gasteiger partial charge in [0, 0.05) is 43.2 Å². The molecule has 0 unspecified atom stereocenters. The van der Waals surface area contributed by atoms with Crippen molar-refractivity contribution in [2.75, 3.05) is 33.9 Å². The number of ether oxygens (including phenoxy) is 7. The van der Waals surface area contributed by atoms with Gasteiger partial charge in [-0.1, -0.05) is 12.1 Å². The van der Waals surface area contributed by atoms with Crippen molar-refractivity contribution in [3.05, 3.63) is 58.2 Å². The highest BCUT2D eigenvalue weighted by molar-refractivity contribution is 5.72. The van der Waals surface area contributed by atoms with Gasteiger partial charge in [0.2, 0.25) is 6.79 Å². The predicted octanol–water partition coefficient (Wildman–Crippen LogP) is 4.73. The third kappa shape index (κ3) is 6.37. The largest absolute Gasteiger partial charge is 0.483 e. The van der Waals surface area contributed by atoms with E-state index in [4.69, 9.17) is 33.2 Å². The van der Waals surface area contributed by atoms with Gasteiger partial charge in [0.1, 0.15) is 22.8 Å².